The van der Waals surface area contributed by atoms with Crippen LogP contribution in [-0.4, -0.2) is 24.5 Å². The number of aliphatic imine (C=N–C) groups is 1. The Morgan fingerprint density at radius 2 is 1.61 bits per heavy atom. The molecule has 0 aromatic heterocycles. The molecule has 0 aliphatic rings. The zero-order chi connectivity index (χ0) is 22.2. The summed E-state index contributed by atoms with van der Waals surface area (Å²) in [6.45, 7) is 6.47. The van der Waals surface area contributed by atoms with Gasteiger partial charge in [-0.2, -0.15) is 0 Å². The third-order valence-corrected chi connectivity index (χ3v) is 4.86. The van der Waals surface area contributed by atoms with Crippen LogP contribution in [0.1, 0.15) is 23.6 Å². The van der Waals surface area contributed by atoms with Gasteiger partial charge >= 0.3 is 0 Å². The Kier molecular flexibility index (Phi) is 7.44. The summed E-state index contributed by atoms with van der Waals surface area (Å²) < 4.78 is 24.5. The number of benzene rings is 3. The second-order valence-electron chi connectivity index (χ2n) is 7.00. The molecule has 0 unspecified atom stereocenters. The molecule has 3 aromatic rings. The predicted molar refractivity (Wildman–Crippen MR) is 122 cm³/mol. The van der Waals surface area contributed by atoms with Crippen LogP contribution in [0.3, 0.4) is 0 Å². The monoisotopic (exact) mass is 419 g/mol. The van der Waals surface area contributed by atoms with E-state index in [1.165, 1.54) is 23.8 Å². The van der Waals surface area contributed by atoms with E-state index in [4.69, 9.17) is 9.47 Å². The highest BCUT2D eigenvalue weighted by Gasteiger charge is 2.15. The molecule has 0 aliphatic carbocycles. The van der Waals surface area contributed by atoms with Crippen LogP contribution in [0.25, 0.3) is 0 Å². The molecule has 0 fully saturated rings. The van der Waals surface area contributed by atoms with E-state index in [1.54, 1.807) is 31.3 Å². The summed E-state index contributed by atoms with van der Waals surface area (Å²) in [4.78, 5) is 4.25. The van der Waals surface area contributed by atoms with Crippen molar-refractivity contribution < 1.29 is 19.0 Å². The van der Waals surface area contributed by atoms with Gasteiger partial charge in [-0.1, -0.05) is 37.8 Å². The Morgan fingerprint density at radius 1 is 0.968 bits per heavy atom. The number of allylic oxidation sites excluding steroid dienone is 1. The first-order chi connectivity index (χ1) is 15.0. The number of rotatable bonds is 9. The van der Waals surface area contributed by atoms with Gasteiger partial charge in [-0.05, 0) is 53.9 Å². The van der Waals surface area contributed by atoms with Gasteiger partial charge in [-0.25, -0.2) is 4.39 Å². The molecular formula is C26H26FNO3. The molecule has 0 radical (unpaired) electrons. The van der Waals surface area contributed by atoms with E-state index >= 15 is 0 Å². The van der Waals surface area contributed by atoms with Crippen molar-refractivity contribution in [3.63, 3.8) is 0 Å². The minimum atomic E-state index is -0.262. The van der Waals surface area contributed by atoms with Crippen LogP contribution in [0, 0.1) is 5.82 Å². The van der Waals surface area contributed by atoms with Crippen LogP contribution in [0.5, 0.6) is 17.2 Å². The zero-order valence-electron chi connectivity index (χ0n) is 17.8. The summed E-state index contributed by atoms with van der Waals surface area (Å²) in [5, 5.41) is 10.5. The average Bonchev–Trinajstić information content (AvgIpc) is 2.77. The van der Waals surface area contributed by atoms with Crippen molar-refractivity contribution in [2.75, 3.05) is 13.7 Å². The van der Waals surface area contributed by atoms with Gasteiger partial charge in [0.05, 0.1) is 6.61 Å². The number of aromatic hydroxyl groups is 1. The molecule has 0 saturated carbocycles. The zero-order valence-corrected chi connectivity index (χ0v) is 17.8. The summed E-state index contributed by atoms with van der Waals surface area (Å²) in [6.07, 6.45) is 1.58. The Morgan fingerprint density at radius 3 is 2.23 bits per heavy atom. The summed E-state index contributed by atoms with van der Waals surface area (Å²) in [5.41, 5.74) is 3.15. The molecule has 0 heterocycles. The van der Waals surface area contributed by atoms with Gasteiger partial charge in [0.2, 0.25) is 0 Å². The van der Waals surface area contributed by atoms with Crippen molar-refractivity contribution in [1.29, 1.82) is 0 Å². The Labute approximate surface area is 182 Å². The summed E-state index contributed by atoms with van der Waals surface area (Å²) >= 11 is 0. The lowest BCUT2D eigenvalue weighted by molar-refractivity contribution is 0.320. The van der Waals surface area contributed by atoms with Crippen molar-refractivity contribution in [3.05, 3.63) is 102 Å². The molecule has 1 N–H and O–H groups in total. The van der Waals surface area contributed by atoms with Gasteiger partial charge in [-0.15, -0.1) is 0 Å². The summed E-state index contributed by atoms with van der Waals surface area (Å²) in [7, 11) is 1.62. The normalized spacial score (nSPS) is 11.3. The van der Waals surface area contributed by atoms with Crippen LogP contribution in [-0.2, 0) is 12.8 Å². The van der Waals surface area contributed by atoms with Gasteiger partial charge in [0.1, 0.15) is 34.5 Å². The Bertz CT molecular complexity index is 1060. The lowest BCUT2D eigenvalue weighted by atomic mass is 10.1. The minimum Gasteiger partial charge on any atom is -0.507 e. The molecule has 4 nitrogen and oxygen atoms in total. The number of ether oxygens (including phenoxy) is 2. The molecule has 0 amide bonds. The van der Waals surface area contributed by atoms with Gasteiger partial charge in [0.15, 0.2) is 0 Å². The van der Waals surface area contributed by atoms with E-state index in [2.05, 4.69) is 18.5 Å². The first-order valence-corrected chi connectivity index (χ1v) is 10.1. The molecule has 160 valence electrons. The number of phenols is 1. The second kappa shape index (κ2) is 10.4. The van der Waals surface area contributed by atoms with Crippen LogP contribution in [0.15, 0.2) is 84.1 Å². The Hall–Kier alpha value is -3.60. The van der Waals surface area contributed by atoms with Crippen LogP contribution in [0.2, 0.25) is 0 Å². The second-order valence-corrected chi connectivity index (χ2v) is 7.00. The van der Waals surface area contributed by atoms with E-state index in [-0.39, 0.29) is 11.6 Å². The van der Waals surface area contributed by atoms with E-state index < -0.39 is 0 Å². The van der Waals surface area contributed by atoms with E-state index in [9.17, 15) is 9.50 Å². The third-order valence-electron chi connectivity index (χ3n) is 4.86. The molecule has 31 heavy (non-hydrogen) atoms. The SMILES string of the molecule is C=C(Oc1ccc(CC)cc1)/C(=N\C)c1ccc(OCCc2ccc(F)cc2)cc1O. The Balaban J connectivity index is 1.63. The first kappa shape index (κ1) is 22.1. The van der Waals surface area contributed by atoms with Crippen LogP contribution < -0.4 is 9.47 Å². The molecule has 0 spiro atoms. The number of aryl methyl sites for hydroxylation is 1. The highest BCUT2D eigenvalue weighted by molar-refractivity contribution is 6.12. The number of halogens is 1. The number of hydrogen-bond donors (Lipinski definition) is 1. The standard InChI is InChI=1S/C26H26FNO3/c1-4-19-7-11-22(12-8-19)31-18(2)26(28-3)24-14-13-23(17-25(24)29)30-16-15-20-5-9-21(27)10-6-20/h5-14,17,29H,2,4,15-16H2,1,3H3/b28-26+. The lowest BCUT2D eigenvalue weighted by Crippen LogP contribution is -2.10. The fourth-order valence-corrected chi connectivity index (χ4v) is 3.12. The number of phenolic OH excluding ortho intramolecular Hbond substituents is 1. The highest BCUT2D eigenvalue weighted by Crippen LogP contribution is 2.27. The highest BCUT2D eigenvalue weighted by atomic mass is 19.1. The summed E-state index contributed by atoms with van der Waals surface area (Å²) in [5.74, 6) is 1.28. The molecule has 3 rings (SSSR count). The minimum absolute atomic E-state index is 0.0194. The maximum absolute atomic E-state index is 13.0. The van der Waals surface area contributed by atoms with E-state index in [1.807, 2.05) is 24.3 Å². The molecule has 3 aromatic carbocycles. The smallest absolute Gasteiger partial charge is 0.146 e. The van der Waals surface area contributed by atoms with E-state index in [0.717, 1.165) is 12.0 Å². The van der Waals surface area contributed by atoms with Crippen molar-refractivity contribution in [2.24, 2.45) is 4.99 Å². The third kappa shape index (κ3) is 5.95. The molecule has 0 bridgehead atoms. The fraction of sp³-hybridized carbons (Fsp3) is 0.192. The molecule has 0 aliphatic heterocycles. The van der Waals surface area contributed by atoms with Crippen molar-refractivity contribution in [2.45, 2.75) is 19.8 Å². The summed E-state index contributed by atoms with van der Waals surface area (Å²) in [6, 6.07) is 19.1. The van der Waals surface area contributed by atoms with Crippen LogP contribution in [0.4, 0.5) is 4.39 Å². The first-order valence-electron chi connectivity index (χ1n) is 10.1. The van der Waals surface area contributed by atoms with Gasteiger partial charge < -0.3 is 14.6 Å². The van der Waals surface area contributed by atoms with Crippen LogP contribution >= 0.6 is 0 Å². The van der Waals surface area contributed by atoms with Gasteiger partial charge in [0, 0.05) is 25.1 Å². The molecule has 5 heteroatoms. The van der Waals surface area contributed by atoms with Crippen molar-refractivity contribution in [1.82, 2.24) is 0 Å². The number of hydrogen-bond acceptors (Lipinski definition) is 4. The average molecular weight is 419 g/mol. The topological polar surface area (TPSA) is 51.0 Å². The lowest BCUT2D eigenvalue weighted by Gasteiger charge is -2.14. The van der Waals surface area contributed by atoms with Gasteiger partial charge in [-0.3, -0.25) is 4.99 Å². The maximum atomic E-state index is 13.0. The quantitative estimate of drug-likeness (QED) is 0.356. The molecular weight excluding hydrogens is 393 g/mol. The van der Waals surface area contributed by atoms with E-state index in [0.29, 0.717) is 41.6 Å². The van der Waals surface area contributed by atoms with Gasteiger partial charge in [0.25, 0.3) is 0 Å². The van der Waals surface area contributed by atoms with Crippen molar-refractivity contribution in [3.8, 4) is 17.2 Å². The fourth-order valence-electron chi connectivity index (χ4n) is 3.12. The molecule has 0 saturated heterocycles. The number of nitrogens with zero attached hydrogens (tertiary/aromatic N) is 1. The molecule has 0 atom stereocenters. The van der Waals surface area contributed by atoms with Crippen molar-refractivity contribution >= 4 is 5.71 Å². The largest absolute Gasteiger partial charge is 0.507 e. The predicted octanol–water partition coefficient (Wildman–Crippen LogP) is 5.73. The maximum Gasteiger partial charge on any atom is 0.146 e.